The Morgan fingerprint density at radius 2 is 1.81 bits per heavy atom. The highest BCUT2D eigenvalue weighted by Gasteiger charge is 2.33. The van der Waals surface area contributed by atoms with E-state index < -0.39 is 0 Å². The number of likely N-dealkylation sites (tertiary alicyclic amines) is 1. The summed E-state index contributed by atoms with van der Waals surface area (Å²) in [5.41, 5.74) is 5.23. The van der Waals surface area contributed by atoms with Gasteiger partial charge in [-0.05, 0) is 93.1 Å². The molecule has 224 valence electrons. The largest absolute Gasteiger partial charge is 0.497 e. The number of hydrogen-bond acceptors (Lipinski definition) is 6. The van der Waals surface area contributed by atoms with Gasteiger partial charge in [0, 0.05) is 41.3 Å². The smallest absolute Gasteiger partial charge is 0.254 e. The van der Waals surface area contributed by atoms with Crippen LogP contribution in [0.15, 0.2) is 78.2 Å². The lowest BCUT2D eigenvalue weighted by Gasteiger charge is -2.24. The van der Waals surface area contributed by atoms with Crippen molar-refractivity contribution < 1.29 is 14.3 Å². The van der Waals surface area contributed by atoms with E-state index in [-0.39, 0.29) is 23.9 Å². The normalized spacial score (nSPS) is 15.3. The Morgan fingerprint density at radius 3 is 2.58 bits per heavy atom. The molecule has 0 unspecified atom stereocenters. The lowest BCUT2D eigenvalue weighted by molar-refractivity contribution is 0.0735. The van der Waals surface area contributed by atoms with E-state index in [0.29, 0.717) is 30.6 Å². The highest BCUT2D eigenvalue weighted by Crippen LogP contribution is 2.35. The van der Waals surface area contributed by atoms with Crippen LogP contribution in [0.3, 0.4) is 0 Å². The van der Waals surface area contributed by atoms with E-state index in [1.54, 1.807) is 24.5 Å². The predicted octanol–water partition coefficient (Wildman–Crippen LogP) is 6.27. The predicted molar refractivity (Wildman–Crippen MR) is 172 cm³/mol. The maximum Gasteiger partial charge on any atom is 0.254 e. The van der Waals surface area contributed by atoms with Gasteiger partial charge in [-0.15, -0.1) is 11.3 Å². The second-order valence-corrected chi connectivity index (χ2v) is 12.1. The zero-order chi connectivity index (χ0) is 30.2. The monoisotopic (exact) mass is 596 g/mol. The number of carbonyl (C=O) groups is 2. The number of aryl methyl sites for hydroxylation is 2. The SMILES string of the molecule is COc1cccc(CNCC[C@H](Cc2ccccc2)NC(=O)c2cc(C)cc(C(=O)N3CCC[C@@H]3c3nc(C)cs3)c2)c1. The molecule has 3 aromatic carbocycles. The van der Waals surface area contributed by atoms with Crippen LogP contribution in [-0.2, 0) is 13.0 Å². The van der Waals surface area contributed by atoms with E-state index in [9.17, 15) is 9.59 Å². The molecule has 1 aliphatic heterocycles. The number of ether oxygens (including phenoxy) is 1. The first kappa shape index (κ1) is 30.4. The minimum Gasteiger partial charge on any atom is -0.497 e. The number of rotatable bonds is 12. The Kier molecular flexibility index (Phi) is 10.2. The van der Waals surface area contributed by atoms with Gasteiger partial charge < -0.3 is 20.3 Å². The van der Waals surface area contributed by atoms with Gasteiger partial charge in [0.15, 0.2) is 0 Å². The topological polar surface area (TPSA) is 83.6 Å². The molecule has 1 aliphatic rings. The third kappa shape index (κ3) is 8.09. The number of thiazole rings is 1. The van der Waals surface area contributed by atoms with Gasteiger partial charge in [-0.25, -0.2) is 4.98 Å². The molecule has 7 nitrogen and oxygen atoms in total. The molecule has 0 saturated carbocycles. The van der Waals surface area contributed by atoms with Gasteiger partial charge in [-0.3, -0.25) is 9.59 Å². The van der Waals surface area contributed by atoms with E-state index in [0.717, 1.165) is 53.4 Å². The zero-order valence-electron chi connectivity index (χ0n) is 25.1. The van der Waals surface area contributed by atoms with E-state index in [4.69, 9.17) is 4.74 Å². The van der Waals surface area contributed by atoms with Crippen LogP contribution in [0.4, 0.5) is 0 Å². The van der Waals surface area contributed by atoms with E-state index in [1.807, 2.05) is 72.7 Å². The lowest BCUT2D eigenvalue weighted by atomic mass is 10.0. The molecule has 2 N–H and O–H groups in total. The van der Waals surface area contributed by atoms with Crippen molar-refractivity contribution in [3.05, 3.63) is 117 Å². The van der Waals surface area contributed by atoms with Crippen LogP contribution in [0.2, 0.25) is 0 Å². The van der Waals surface area contributed by atoms with Crippen molar-refractivity contribution in [1.29, 1.82) is 0 Å². The number of nitrogens with one attached hydrogen (secondary N) is 2. The van der Waals surface area contributed by atoms with Crippen molar-refractivity contribution in [2.24, 2.45) is 0 Å². The number of aromatic nitrogens is 1. The van der Waals surface area contributed by atoms with E-state index in [2.05, 4.69) is 33.8 Å². The van der Waals surface area contributed by atoms with E-state index in [1.165, 1.54) is 5.56 Å². The Labute approximate surface area is 258 Å². The van der Waals surface area contributed by atoms with Crippen LogP contribution in [0.25, 0.3) is 0 Å². The van der Waals surface area contributed by atoms with Crippen LogP contribution in [0.5, 0.6) is 5.75 Å². The number of carbonyl (C=O) groups excluding carboxylic acids is 2. The summed E-state index contributed by atoms with van der Waals surface area (Å²) in [6.07, 6.45) is 3.32. The first-order valence-corrected chi connectivity index (χ1v) is 15.8. The average Bonchev–Trinajstić information content (AvgIpc) is 3.68. The summed E-state index contributed by atoms with van der Waals surface area (Å²) in [7, 11) is 1.67. The van der Waals surface area contributed by atoms with Crippen molar-refractivity contribution >= 4 is 23.2 Å². The Hall–Kier alpha value is -4.01. The lowest BCUT2D eigenvalue weighted by Crippen LogP contribution is -2.38. The standard InChI is InChI=1S/C35H40N4O3S/c1-24-17-28(21-29(18-24)35(41)39-16-8-13-32(39)34-37-25(2)23-43-34)33(40)38-30(19-26-9-5-4-6-10-26)14-15-36-22-27-11-7-12-31(20-27)42-3/h4-7,9-12,17-18,20-21,23,30,32,36H,8,13-16,19,22H2,1-3H3,(H,38,40)/t30-,32-/m1/s1. The molecule has 1 fully saturated rings. The highest BCUT2D eigenvalue weighted by atomic mass is 32.1. The van der Waals surface area contributed by atoms with Gasteiger partial charge in [-0.2, -0.15) is 0 Å². The maximum absolute atomic E-state index is 13.7. The third-order valence-electron chi connectivity index (χ3n) is 7.81. The zero-order valence-corrected chi connectivity index (χ0v) is 26.0. The van der Waals surface area contributed by atoms with Crippen molar-refractivity contribution in [1.82, 2.24) is 20.5 Å². The second kappa shape index (κ2) is 14.4. The molecule has 43 heavy (non-hydrogen) atoms. The minimum absolute atomic E-state index is 0.0104. The molecule has 2 atom stereocenters. The van der Waals surface area contributed by atoms with Crippen molar-refractivity contribution in [2.45, 2.75) is 58.2 Å². The van der Waals surface area contributed by atoms with Gasteiger partial charge in [-0.1, -0.05) is 42.5 Å². The fourth-order valence-electron chi connectivity index (χ4n) is 5.68. The quantitative estimate of drug-likeness (QED) is 0.189. The van der Waals surface area contributed by atoms with Gasteiger partial charge in [0.05, 0.1) is 13.2 Å². The molecule has 2 amide bonds. The van der Waals surface area contributed by atoms with E-state index >= 15 is 0 Å². The number of amides is 2. The molecule has 8 heteroatoms. The Bertz CT molecular complexity index is 1540. The fraction of sp³-hybridized carbons (Fsp3) is 0.343. The summed E-state index contributed by atoms with van der Waals surface area (Å²) in [5.74, 6) is 0.624. The van der Waals surface area contributed by atoms with Crippen LogP contribution < -0.4 is 15.4 Å². The molecular formula is C35H40N4O3S. The molecule has 0 bridgehead atoms. The maximum atomic E-state index is 13.7. The molecule has 2 heterocycles. The number of hydrogen-bond donors (Lipinski definition) is 2. The summed E-state index contributed by atoms with van der Waals surface area (Å²) in [6, 6.07) is 23.6. The second-order valence-electron chi connectivity index (χ2n) is 11.2. The number of methoxy groups -OCH3 is 1. The molecular weight excluding hydrogens is 556 g/mol. The van der Waals surface area contributed by atoms with Gasteiger partial charge in [0.1, 0.15) is 10.8 Å². The van der Waals surface area contributed by atoms with Crippen molar-refractivity contribution in [3.63, 3.8) is 0 Å². The van der Waals surface area contributed by atoms with Crippen molar-refractivity contribution in [3.8, 4) is 5.75 Å². The molecule has 4 aromatic rings. The molecule has 0 spiro atoms. The van der Waals surface area contributed by atoms with Crippen LogP contribution >= 0.6 is 11.3 Å². The Balaban J connectivity index is 1.27. The average molecular weight is 597 g/mol. The van der Waals surface area contributed by atoms with Gasteiger partial charge >= 0.3 is 0 Å². The van der Waals surface area contributed by atoms with Gasteiger partial charge in [0.25, 0.3) is 11.8 Å². The fourth-order valence-corrected chi connectivity index (χ4v) is 6.62. The van der Waals surface area contributed by atoms with Crippen LogP contribution in [0.1, 0.15) is 73.4 Å². The number of benzene rings is 3. The minimum atomic E-state index is -0.167. The third-order valence-corrected chi connectivity index (χ3v) is 8.88. The van der Waals surface area contributed by atoms with Crippen LogP contribution in [0, 0.1) is 13.8 Å². The van der Waals surface area contributed by atoms with Gasteiger partial charge in [0.2, 0.25) is 0 Å². The first-order chi connectivity index (χ1) is 20.9. The molecule has 1 aromatic heterocycles. The summed E-state index contributed by atoms with van der Waals surface area (Å²) in [6.45, 7) is 6.06. The molecule has 1 saturated heterocycles. The van der Waals surface area contributed by atoms with Crippen molar-refractivity contribution in [2.75, 3.05) is 20.2 Å². The summed E-state index contributed by atoms with van der Waals surface area (Å²) in [4.78, 5) is 33.9. The molecule has 0 aliphatic carbocycles. The molecule has 0 radical (unpaired) electrons. The van der Waals surface area contributed by atoms with Crippen LogP contribution in [-0.4, -0.2) is 47.9 Å². The number of nitrogens with zero attached hydrogens (tertiary/aromatic N) is 2. The Morgan fingerprint density at radius 1 is 1.02 bits per heavy atom. The summed E-state index contributed by atoms with van der Waals surface area (Å²) >= 11 is 1.61. The first-order valence-electron chi connectivity index (χ1n) is 14.9. The molecule has 5 rings (SSSR count). The summed E-state index contributed by atoms with van der Waals surface area (Å²) in [5, 5.41) is 9.79. The highest BCUT2D eigenvalue weighted by molar-refractivity contribution is 7.09. The summed E-state index contributed by atoms with van der Waals surface area (Å²) < 4.78 is 5.34.